The van der Waals surface area contributed by atoms with E-state index in [9.17, 15) is 0 Å². The summed E-state index contributed by atoms with van der Waals surface area (Å²) in [5.74, 6) is 0.719. The normalized spacial score (nSPS) is 28.5. The highest BCUT2D eigenvalue weighted by Crippen LogP contribution is 2.39. The van der Waals surface area contributed by atoms with Gasteiger partial charge in [0.05, 0.1) is 0 Å². The topological polar surface area (TPSA) is 3.24 Å². The third-order valence-electron chi connectivity index (χ3n) is 4.18. The molecule has 0 radical (unpaired) electrons. The van der Waals surface area contributed by atoms with E-state index in [4.69, 9.17) is 0 Å². The van der Waals surface area contributed by atoms with E-state index in [1.54, 1.807) is 5.57 Å². The van der Waals surface area contributed by atoms with Crippen molar-refractivity contribution in [1.29, 1.82) is 0 Å². The van der Waals surface area contributed by atoms with E-state index in [1.807, 2.05) is 0 Å². The number of hydrogen-bond donors (Lipinski definition) is 0. The highest BCUT2D eigenvalue weighted by Gasteiger charge is 2.38. The first-order valence-electron chi connectivity index (χ1n) is 6.80. The average Bonchev–Trinajstić information content (AvgIpc) is 2.90. The second-order valence-corrected chi connectivity index (χ2v) is 5.62. The maximum absolute atomic E-state index is 2.70. The van der Waals surface area contributed by atoms with E-state index in [0.29, 0.717) is 12.1 Å². The summed E-state index contributed by atoms with van der Waals surface area (Å²) in [6, 6.07) is 12.3. The van der Waals surface area contributed by atoms with Crippen LogP contribution in [-0.2, 0) is 0 Å². The second kappa shape index (κ2) is 4.30. The van der Waals surface area contributed by atoms with E-state index >= 15 is 0 Å². The Labute approximate surface area is 104 Å². The number of rotatable bonds is 2. The smallest absolute Gasteiger partial charge is 0.0357 e. The molecule has 0 saturated carbocycles. The Morgan fingerprint density at radius 1 is 1.18 bits per heavy atom. The third-order valence-corrected chi connectivity index (χ3v) is 4.18. The Kier molecular flexibility index (Phi) is 2.79. The largest absolute Gasteiger partial charge is 0.290 e. The average molecular weight is 227 g/mol. The quantitative estimate of drug-likeness (QED) is 0.746. The number of fused-ring (bicyclic) bond motifs is 1. The standard InChI is InChI=1S/C16H21N/c1-12(2)16-11-14(13-7-4-3-5-8-13)15-9-6-10-17(15)16/h3-5,7-8,11-12,15-16H,6,9-10H2,1-2H3. The van der Waals surface area contributed by atoms with Crippen molar-refractivity contribution in [3.05, 3.63) is 42.0 Å². The molecule has 17 heavy (non-hydrogen) atoms. The van der Waals surface area contributed by atoms with Crippen molar-refractivity contribution in [3.8, 4) is 0 Å². The molecule has 0 aromatic heterocycles. The highest BCUT2D eigenvalue weighted by molar-refractivity contribution is 5.72. The maximum atomic E-state index is 2.70. The molecule has 0 aliphatic carbocycles. The van der Waals surface area contributed by atoms with Gasteiger partial charge in [-0.15, -0.1) is 0 Å². The van der Waals surface area contributed by atoms with Crippen molar-refractivity contribution in [2.24, 2.45) is 5.92 Å². The number of nitrogens with zero attached hydrogens (tertiary/aromatic N) is 1. The lowest BCUT2D eigenvalue weighted by Crippen LogP contribution is -2.36. The first-order valence-corrected chi connectivity index (χ1v) is 6.80. The molecule has 90 valence electrons. The van der Waals surface area contributed by atoms with Gasteiger partial charge in [-0.25, -0.2) is 0 Å². The van der Waals surface area contributed by atoms with Crippen LogP contribution in [0.25, 0.3) is 5.57 Å². The van der Waals surface area contributed by atoms with Crippen LogP contribution in [0.4, 0.5) is 0 Å². The predicted molar refractivity (Wildman–Crippen MR) is 72.8 cm³/mol. The SMILES string of the molecule is CC(C)C1C=C(c2ccccc2)C2CCCN21. The van der Waals surface area contributed by atoms with E-state index in [0.717, 1.165) is 5.92 Å². The molecule has 2 heterocycles. The van der Waals surface area contributed by atoms with Gasteiger partial charge in [0.1, 0.15) is 0 Å². The molecule has 0 N–H and O–H groups in total. The second-order valence-electron chi connectivity index (χ2n) is 5.62. The summed E-state index contributed by atoms with van der Waals surface area (Å²) in [6.07, 6.45) is 5.21. The molecule has 0 amide bonds. The van der Waals surface area contributed by atoms with Gasteiger partial charge in [0.25, 0.3) is 0 Å². The van der Waals surface area contributed by atoms with Gasteiger partial charge in [-0.2, -0.15) is 0 Å². The van der Waals surface area contributed by atoms with Gasteiger partial charge in [-0.05, 0) is 36.4 Å². The summed E-state index contributed by atoms with van der Waals surface area (Å²) in [7, 11) is 0. The minimum atomic E-state index is 0.651. The highest BCUT2D eigenvalue weighted by atomic mass is 15.2. The minimum Gasteiger partial charge on any atom is -0.290 e. The van der Waals surface area contributed by atoms with Gasteiger partial charge in [-0.3, -0.25) is 4.90 Å². The van der Waals surface area contributed by atoms with E-state index < -0.39 is 0 Å². The predicted octanol–water partition coefficient (Wildman–Crippen LogP) is 3.57. The summed E-state index contributed by atoms with van der Waals surface area (Å²) in [5.41, 5.74) is 2.99. The maximum Gasteiger partial charge on any atom is 0.0357 e. The molecule has 2 atom stereocenters. The lowest BCUT2D eigenvalue weighted by molar-refractivity contribution is 0.221. The molecule has 1 aromatic rings. The van der Waals surface area contributed by atoms with Gasteiger partial charge in [0.15, 0.2) is 0 Å². The number of benzene rings is 1. The Morgan fingerprint density at radius 3 is 2.65 bits per heavy atom. The fraction of sp³-hybridized carbons (Fsp3) is 0.500. The molecule has 1 heteroatoms. The van der Waals surface area contributed by atoms with E-state index in [2.05, 4.69) is 55.2 Å². The number of hydrogen-bond acceptors (Lipinski definition) is 1. The van der Waals surface area contributed by atoms with Crippen molar-refractivity contribution in [2.75, 3.05) is 6.54 Å². The summed E-state index contributed by atoms with van der Waals surface area (Å²) < 4.78 is 0. The fourth-order valence-corrected chi connectivity index (χ4v) is 3.37. The summed E-state index contributed by atoms with van der Waals surface area (Å²) in [6.45, 7) is 5.95. The monoisotopic (exact) mass is 227 g/mol. The Morgan fingerprint density at radius 2 is 1.94 bits per heavy atom. The fourth-order valence-electron chi connectivity index (χ4n) is 3.37. The third kappa shape index (κ3) is 1.83. The van der Waals surface area contributed by atoms with Crippen molar-refractivity contribution >= 4 is 5.57 Å². The van der Waals surface area contributed by atoms with Crippen LogP contribution in [-0.4, -0.2) is 23.5 Å². The van der Waals surface area contributed by atoms with Gasteiger partial charge < -0.3 is 0 Å². The van der Waals surface area contributed by atoms with Gasteiger partial charge in [0.2, 0.25) is 0 Å². The molecule has 2 aliphatic rings. The summed E-state index contributed by atoms with van der Waals surface area (Å²) in [5, 5.41) is 0. The molecule has 1 saturated heterocycles. The van der Waals surface area contributed by atoms with Crippen LogP contribution >= 0.6 is 0 Å². The van der Waals surface area contributed by atoms with E-state index in [1.165, 1.54) is 24.9 Å². The first kappa shape index (κ1) is 11.0. The molecule has 3 rings (SSSR count). The molecule has 2 aliphatic heterocycles. The molecule has 0 bridgehead atoms. The molecule has 1 nitrogen and oxygen atoms in total. The van der Waals surface area contributed by atoms with Crippen LogP contribution in [0, 0.1) is 5.92 Å². The van der Waals surface area contributed by atoms with Crippen molar-refractivity contribution in [3.63, 3.8) is 0 Å². The van der Waals surface area contributed by atoms with E-state index in [-0.39, 0.29) is 0 Å². The van der Waals surface area contributed by atoms with Crippen molar-refractivity contribution in [1.82, 2.24) is 4.90 Å². The molecule has 2 unspecified atom stereocenters. The Bertz CT molecular complexity index is 418. The Hall–Kier alpha value is -1.08. The summed E-state index contributed by atoms with van der Waals surface area (Å²) >= 11 is 0. The molecular weight excluding hydrogens is 206 g/mol. The zero-order valence-electron chi connectivity index (χ0n) is 10.8. The van der Waals surface area contributed by atoms with Crippen molar-refractivity contribution in [2.45, 2.75) is 38.8 Å². The van der Waals surface area contributed by atoms with Crippen LogP contribution in [0.2, 0.25) is 0 Å². The molecule has 1 fully saturated rings. The van der Waals surface area contributed by atoms with Crippen LogP contribution in [0.15, 0.2) is 36.4 Å². The lowest BCUT2D eigenvalue weighted by Gasteiger charge is -2.27. The van der Waals surface area contributed by atoms with Crippen LogP contribution < -0.4 is 0 Å². The zero-order valence-corrected chi connectivity index (χ0v) is 10.8. The van der Waals surface area contributed by atoms with Crippen molar-refractivity contribution < 1.29 is 0 Å². The van der Waals surface area contributed by atoms with Gasteiger partial charge >= 0.3 is 0 Å². The molecule has 1 aromatic carbocycles. The zero-order chi connectivity index (χ0) is 11.8. The van der Waals surface area contributed by atoms with Crippen LogP contribution in [0.5, 0.6) is 0 Å². The minimum absolute atomic E-state index is 0.651. The lowest BCUT2D eigenvalue weighted by atomic mass is 9.97. The molecule has 0 spiro atoms. The molecular formula is C16H21N. The van der Waals surface area contributed by atoms with Crippen LogP contribution in [0.3, 0.4) is 0 Å². The summed E-state index contributed by atoms with van der Waals surface area (Å²) in [4.78, 5) is 2.70. The van der Waals surface area contributed by atoms with Crippen LogP contribution in [0.1, 0.15) is 32.3 Å². The van der Waals surface area contributed by atoms with Gasteiger partial charge in [0, 0.05) is 12.1 Å². The Balaban J connectivity index is 1.96. The first-order chi connectivity index (χ1) is 8.27. The van der Waals surface area contributed by atoms with Gasteiger partial charge in [-0.1, -0.05) is 50.3 Å².